The summed E-state index contributed by atoms with van der Waals surface area (Å²) in [5.74, 6) is 0.400. The number of benzene rings is 2. The molecule has 0 aliphatic carbocycles. The van der Waals surface area contributed by atoms with E-state index in [2.05, 4.69) is 0 Å². The molecule has 0 saturated carbocycles. The van der Waals surface area contributed by atoms with E-state index < -0.39 is 0 Å². The normalized spacial score (nSPS) is 11.2. The van der Waals surface area contributed by atoms with Crippen LogP contribution < -0.4 is 4.74 Å². The highest BCUT2D eigenvalue weighted by molar-refractivity contribution is 6.31. The molecular formula is C18H15ClO3. The summed E-state index contributed by atoms with van der Waals surface area (Å²) in [4.78, 5) is 12.0. The third kappa shape index (κ3) is 4.24. The number of phenolic OH excluding ortho intramolecular Hbond substituents is 1. The zero-order chi connectivity index (χ0) is 15.9. The van der Waals surface area contributed by atoms with Crippen LogP contribution in [0, 0.1) is 0 Å². The summed E-state index contributed by atoms with van der Waals surface area (Å²) in [7, 11) is 1.62. The highest BCUT2D eigenvalue weighted by Gasteiger charge is 2.08. The number of halogens is 1. The second-order valence-electron chi connectivity index (χ2n) is 4.52. The van der Waals surface area contributed by atoms with E-state index in [1.54, 1.807) is 19.3 Å². The summed E-state index contributed by atoms with van der Waals surface area (Å²) in [5.41, 5.74) is 1.17. The molecule has 0 atom stereocenters. The number of carbonyl (C=O) groups excluding carboxylic acids is 1. The quantitative estimate of drug-likeness (QED) is 0.502. The Bertz CT molecular complexity index is 716. The van der Waals surface area contributed by atoms with Crippen molar-refractivity contribution in [1.82, 2.24) is 0 Å². The number of aromatic hydroxyl groups is 1. The number of carbonyl (C=O) groups is 1. The van der Waals surface area contributed by atoms with Gasteiger partial charge in [-0.3, -0.25) is 4.79 Å². The van der Waals surface area contributed by atoms with Crippen LogP contribution in [0.25, 0.3) is 6.08 Å². The predicted octanol–water partition coefficient (Wildman–Crippen LogP) is 4.51. The Morgan fingerprint density at radius 3 is 2.55 bits per heavy atom. The van der Waals surface area contributed by atoms with E-state index in [9.17, 15) is 9.90 Å². The summed E-state index contributed by atoms with van der Waals surface area (Å²) < 4.78 is 5.08. The van der Waals surface area contributed by atoms with E-state index in [4.69, 9.17) is 16.3 Å². The first-order valence-corrected chi connectivity index (χ1v) is 6.99. The molecule has 22 heavy (non-hydrogen) atoms. The van der Waals surface area contributed by atoms with Gasteiger partial charge in [0, 0.05) is 5.02 Å². The fourth-order valence-electron chi connectivity index (χ4n) is 1.82. The average Bonchev–Trinajstić information content (AvgIpc) is 2.54. The highest BCUT2D eigenvalue weighted by Crippen LogP contribution is 2.22. The van der Waals surface area contributed by atoms with Crippen molar-refractivity contribution in [2.75, 3.05) is 7.11 Å². The molecule has 112 valence electrons. The third-order valence-electron chi connectivity index (χ3n) is 2.99. The van der Waals surface area contributed by atoms with Gasteiger partial charge >= 0.3 is 0 Å². The van der Waals surface area contributed by atoms with Crippen molar-refractivity contribution in [2.24, 2.45) is 0 Å². The molecule has 0 heterocycles. The first-order valence-electron chi connectivity index (χ1n) is 6.62. The van der Waals surface area contributed by atoms with Crippen molar-refractivity contribution in [3.05, 3.63) is 76.8 Å². The van der Waals surface area contributed by atoms with Crippen molar-refractivity contribution in [3.63, 3.8) is 0 Å². The van der Waals surface area contributed by atoms with Gasteiger partial charge in [0.15, 0.2) is 5.78 Å². The zero-order valence-electron chi connectivity index (χ0n) is 12.0. The van der Waals surface area contributed by atoms with Gasteiger partial charge in [-0.25, -0.2) is 0 Å². The molecule has 1 N–H and O–H groups in total. The lowest BCUT2D eigenvalue weighted by molar-refractivity contribution is 0.104. The number of phenols is 1. The van der Waals surface area contributed by atoms with Crippen LogP contribution in [0.15, 0.2) is 60.7 Å². The van der Waals surface area contributed by atoms with Gasteiger partial charge < -0.3 is 9.84 Å². The molecule has 4 heteroatoms. The maximum Gasteiger partial charge on any atom is 0.189 e. The molecule has 3 nitrogen and oxygen atoms in total. The first-order chi connectivity index (χ1) is 10.6. The zero-order valence-corrected chi connectivity index (χ0v) is 12.7. The number of rotatable bonds is 5. The van der Waals surface area contributed by atoms with Gasteiger partial charge in [0.2, 0.25) is 0 Å². The van der Waals surface area contributed by atoms with Crippen molar-refractivity contribution in [3.8, 4) is 11.5 Å². The van der Waals surface area contributed by atoms with Crippen molar-refractivity contribution < 1.29 is 14.6 Å². The van der Waals surface area contributed by atoms with Gasteiger partial charge in [-0.2, -0.15) is 0 Å². The molecule has 0 amide bonds. The monoisotopic (exact) mass is 314 g/mol. The van der Waals surface area contributed by atoms with Crippen LogP contribution in [0.3, 0.4) is 0 Å². The SMILES string of the molecule is COc1ccc(/C=C/C=C/C(=O)c2cc(Cl)ccc2O)cc1. The Morgan fingerprint density at radius 2 is 1.86 bits per heavy atom. The summed E-state index contributed by atoms with van der Waals surface area (Å²) >= 11 is 5.82. The van der Waals surface area contributed by atoms with Crippen LogP contribution in [-0.4, -0.2) is 18.0 Å². The van der Waals surface area contributed by atoms with E-state index in [-0.39, 0.29) is 17.1 Å². The topological polar surface area (TPSA) is 46.5 Å². The molecule has 2 aromatic carbocycles. The number of ketones is 1. The Balaban J connectivity index is 2.03. The summed E-state index contributed by atoms with van der Waals surface area (Å²) in [5, 5.41) is 10.1. The Morgan fingerprint density at radius 1 is 1.14 bits per heavy atom. The predicted molar refractivity (Wildman–Crippen MR) is 88.6 cm³/mol. The molecule has 0 aliphatic heterocycles. The molecule has 0 aliphatic rings. The van der Waals surface area contributed by atoms with Crippen molar-refractivity contribution in [1.29, 1.82) is 0 Å². The van der Waals surface area contributed by atoms with Gasteiger partial charge in [-0.05, 0) is 42.0 Å². The Kier molecular flexibility index (Phi) is 5.39. The van der Waals surface area contributed by atoms with Crippen LogP contribution in [0.4, 0.5) is 0 Å². The second-order valence-corrected chi connectivity index (χ2v) is 4.95. The van der Waals surface area contributed by atoms with Crippen molar-refractivity contribution >= 4 is 23.5 Å². The Hall–Kier alpha value is -2.52. The molecule has 2 rings (SSSR count). The standard InChI is InChI=1S/C18H15ClO3/c1-22-15-9-6-13(7-10-15)4-2-3-5-17(20)16-12-14(19)8-11-18(16)21/h2-12,21H,1H3/b4-2+,5-3+. The molecule has 0 fully saturated rings. The number of ether oxygens (including phenoxy) is 1. The second kappa shape index (κ2) is 7.48. The maximum absolute atomic E-state index is 12.0. The van der Waals surface area contributed by atoms with Gasteiger partial charge in [-0.1, -0.05) is 42.0 Å². The van der Waals surface area contributed by atoms with E-state index in [1.165, 1.54) is 24.3 Å². The molecule has 0 spiro atoms. The minimum Gasteiger partial charge on any atom is -0.507 e. The first kappa shape index (κ1) is 15.9. The molecule has 0 saturated heterocycles. The molecule has 0 bridgehead atoms. The number of methoxy groups -OCH3 is 1. The fraction of sp³-hybridized carbons (Fsp3) is 0.0556. The van der Waals surface area contributed by atoms with Crippen LogP contribution >= 0.6 is 11.6 Å². The van der Waals surface area contributed by atoms with Gasteiger partial charge in [0.25, 0.3) is 0 Å². The maximum atomic E-state index is 12.0. The molecule has 2 aromatic rings. The third-order valence-corrected chi connectivity index (χ3v) is 3.22. The van der Waals surface area contributed by atoms with E-state index in [1.807, 2.05) is 30.3 Å². The highest BCUT2D eigenvalue weighted by atomic mass is 35.5. The number of allylic oxidation sites excluding steroid dienone is 3. The smallest absolute Gasteiger partial charge is 0.189 e. The van der Waals surface area contributed by atoms with Gasteiger partial charge in [0.1, 0.15) is 11.5 Å². The van der Waals surface area contributed by atoms with Crippen LogP contribution in [0.1, 0.15) is 15.9 Å². The number of hydrogen-bond acceptors (Lipinski definition) is 3. The molecule has 0 unspecified atom stereocenters. The van der Waals surface area contributed by atoms with Crippen LogP contribution in [0.2, 0.25) is 5.02 Å². The lowest BCUT2D eigenvalue weighted by Gasteiger charge is -2.00. The minimum atomic E-state index is -0.306. The van der Waals surface area contributed by atoms with E-state index >= 15 is 0 Å². The largest absolute Gasteiger partial charge is 0.507 e. The van der Waals surface area contributed by atoms with Crippen LogP contribution in [0.5, 0.6) is 11.5 Å². The summed E-state index contributed by atoms with van der Waals surface area (Å²) in [6.07, 6.45) is 6.61. The minimum absolute atomic E-state index is 0.0850. The fourth-order valence-corrected chi connectivity index (χ4v) is 1.99. The lowest BCUT2D eigenvalue weighted by atomic mass is 10.1. The molecule has 0 radical (unpaired) electrons. The number of hydrogen-bond donors (Lipinski definition) is 1. The summed E-state index contributed by atoms with van der Waals surface area (Å²) in [6.45, 7) is 0. The summed E-state index contributed by atoms with van der Waals surface area (Å²) in [6, 6.07) is 11.9. The molecule has 0 aromatic heterocycles. The van der Waals surface area contributed by atoms with Crippen molar-refractivity contribution in [2.45, 2.75) is 0 Å². The Labute approximate surface area is 134 Å². The lowest BCUT2D eigenvalue weighted by Crippen LogP contribution is -1.94. The molecular weight excluding hydrogens is 300 g/mol. The van der Waals surface area contributed by atoms with E-state index in [0.717, 1.165) is 11.3 Å². The van der Waals surface area contributed by atoms with Crippen LogP contribution in [-0.2, 0) is 0 Å². The van der Waals surface area contributed by atoms with Gasteiger partial charge in [0.05, 0.1) is 12.7 Å². The van der Waals surface area contributed by atoms with Gasteiger partial charge in [-0.15, -0.1) is 0 Å². The average molecular weight is 315 g/mol. The van der Waals surface area contributed by atoms with E-state index in [0.29, 0.717) is 5.02 Å².